The minimum Gasteiger partial charge on any atom is -0.382 e. The number of nitrogens with zero attached hydrogens (tertiary/aromatic N) is 7. The summed E-state index contributed by atoms with van der Waals surface area (Å²) >= 11 is 0. The third-order valence-corrected chi connectivity index (χ3v) is 6.30. The molecule has 1 unspecified atom stereocenters. The van der Waals surface area contributed by atoms with E-state index in [9.17, 15) is 9.59 Å². The fourth-order valence-electron chi connectivity index (χ4n) is 4.05. The monoisotopic (exact) mass is 474 g/mol. The number of amides is 1. The van der Waals surface area contributed by atoms with Crippen LogP contribution in [0.2, 0.25) is 0 Å². The van der Waals surface area contributed by atoms with Crippen molar-refractivity contribution < 1.29 is 4.79 Å². The number of H-pyrrole nitrogens is 1. The minimum atomic E-state index is -0.281. The van der Waals surface area contributed by atoms with Gasteiger partial charge in [0.25, 0.3) is 11.5 Å². The molecule has 35 heavy (non-hydrogen) atoms. The van der Waals surface area contributed by atoms with Gasteiger partial charge in [-0.05, 0) is 42.1 Å². The summed E-state index contributed by atoms with van der Waals surface area (Å²) in [7, 11) is 3.41. The third kappa shape index (κ3) is 4.22. The van der Waals surface area contributed by atoms with E-state index >= 15 is 0 Å². The van der Waals surface area contributed by atoms with Gasteiger partial charge >= 0.3 is 0 Å². The van der Waals surface area contributed by atoms with Crippen molar-refractivity contribution >= 4 is 22.6 Å². The number of rotatable bonds is 7. The molecule has 12 heteroatoms. The number of carbonyl (C=O) groups is 1. The summed E-state index contributed by atoms with van der Waals surface area (Å²) in [4.78, 5) is 28.0. The molecule has 2 atom stereocenters. The molecule has 0 saturated carbocycles. The first-order chi connectivity index (χ1) is 16.8. The zero-order valence-electron chi connectivity index (χ0n) is 19.9. The molecule has 3 heterocycles. The van der Waals surface area contributed by atoms with Crippen LogP contribution in [0.5, 0.6) is 0 Å². The van der Waals surface area contributed by atoms with Crippen LogP contribution in [0.1, 0.15) is 30.2 Å². The molecule has 0 bridgehead atoms. The van der Waals surface area contributed by atoms with Crippen molar-refractivity contribution in [3.63, 3.8) is 0 Å². The van der Waals surface area contributed by atoms with Crippen LogP contribution in [0.4, 0.5) is 5.82 Å². The number of aryl methyl sites for hydroxylation is 1. The van der Waals surface area contributed by atoms with E-state index in [1.807, 2.05) is 39.1 Å². The molecule has 12 nitrogen and oxygen atoms in total. The van der Waals surface area contributed by atoms with Gasteiger partial charge in [0, 0.05) is 48.9 Å². The van der Waals surface area contributed by atoms with Crippen LogP contribution in [0.15, 0.2) is 46.4 Å². The quantitative estimate of drug-likeness (QED) is 0.211. The van der Waals surface area contributed by atoms with Crippen LogP contribution in [0.25, 0.3) is 43.9 Å². The van der Waals surface area contributed by atoms with E-state index in [0.29, 0.717) is 22.3 Å². The molecule has 0 fully saturated rings. The van der Waals surface area contributed by atoms with Gasteiger partial charge in [0.2, 0.25) is 0 Å². The van der Waals surface area contributed by atoms with E-state index in [1.54, 1.807) is 34.6 Å². The Balaban J connectivity index is 1.83. The highest BCUT2D eigenvalue weighted by atomic mass is 16.1. The topological polar surface area (TPSA) is 172 Å². The molecule has 1 amide bonds. The van der Waals surface area contributed by atoms with Crippen molar-refractivity contribution in [3.8, 4) is 22.5 Å². The van der Waals surface area contributed by atoms with E-state index < -0.39 is 0 Å². The Morgan fingerprint density at radius 1 is 1.31 bits per heavy atom. The lowest BCUT2D eigenvalue weighted by Crippen LogP contribution is -2.28. The molecule has 180 valence electrons. The number of aromatic amines is 1. The van der Waals surface area contributed by atoms with Crippen molar-refractivity contribution in [2.45, 2.75) is 19.9 Å². The van der Waals surface area contributed by atoms with E-state index in [2.05, 4.69) is 30.6 Å². The van der Waals surface area contributed by atoms with Crippen molar-refractivity contribution in [1.29, 1.82) is 0 Å². The Morgan fingerprint density at radius 3 is 2.69 bits per heavy atom. The van der Waals surface area contributed by atoms with Crippen molar-refractivity contribution in [2.24, 2.45) is 18.1 Å². The zero-order chi connectivity index (χ0) is 25.3. The van der Waals surface area contributed by atoms with Gasteiger partial charge < -0.3 is 15.6 Å². The van der Waals surface area contributed by atoms with Crippen LogP contribution in [0.3, 0.4) is 0 Å². The summed E-state index contributed by atoms with van der Waals surface area (Å²) in [5.74, 6) is -0.149. The summed E-state index contributed by atoms with van der Waals surface area (Å²) in [5.41, 5.74) is 18.5. The number of carbonyl (C=O) groups excluding carboxylic acids is 1. The molecule has 0 radical (unpaired) electrons. The number of pyridine rings is 1. The number of nitrogens with one attached hydrogen (secondary N) is 2. The zero-order valence-corrected chi connectivity index (χ0v) is 19.9. The van der Waals surface area contributed by atoms with Crippen molar-refractivity contribution in [1.82, 2.24) is 29.9 Å². The molecule has 4 aromatic rings. The number of hydrogen-bond acceptors (Lipinski definition) is 6. The van der Waals surface area contributed by atoms with E-state index in [0.717, 1.165) is 11.3 Å². The highest BCUT2D eigenvalue weighted by Gasteiger charge is 2.23. The molecule has 0 aliphatic heterocycles. The number of hydrogen-bond donors (Lipinski definition) is 3. The second kappa shape index (κ2) is 9.35. The summed E-state index contributed by atoms with van der Waals surface area (Å²) < 4.78 is 3.33. The number of nitrogen functional groups attached to an aromatic ring is 1. The first-order valence-electron chi connectivity index (χ1n) is 11.0. The molecule has 0 spiro atoms. The van der Waals surface area contributed by atoms with Gasteiger partial charge in [-0.15, -0.1) is 0 Å². The second-order valence-corrected chi connectivity index (χ2v) is 8.44. The van der Waals surface area contributed by atoms with Gasteiger partial charge in [-0.1, -0.05) is 24.2 Å². The lowest BCUT2D eigenvalue weighted by Gasteiger charge is -2.22. The summed E-state index contributed by atoms with van der Waals surface area (Å²) in [6, 6.07) is 8.85. The van der Waals surface area contributed by atoms with Gasteiger partial charge in [-0.2, -0.15) is 10.2 Å². The molecule has 0 aliphatic carbocycles. The smallest absolute Gasteiger partial charge is 0.264 e. The van der Waals surface area contributed by atoms with E-state index in [-0.39, 0.29) is 41.2 Å². The predicted molar refractivity (Wildman–Crippen MR) is 134 cm³/mol. The lowest BCUT2D eigenvalue weighted by atomic mass is 10.0. The highest BCUT2D eigenvalue weighted by Crippen LogP contribution is 2.31. The molecule has 0 aliphatic rings. The second-order valence-electron chi connectivity index (χ2n) is 8.44. The maximum atomic E-state index is 13.3. The molecular formula is C23H26N10O2. The highest BCUT2D eigenvalue weighted by molar-refractivity contribution is 5.98. The molecule has 0 saturated heterocycles. The van der Waals surface area contributed by atoms with E-state index in [1.165, 1.54) is 0 Å². The first kappa shape index (κ1) is 23.6. The van der Waals surface area contributed by atoms with Gasteiger partial charge in [-0.3, -0.25) is 19.4 Å². The van der Waals surface area contributed by atoms with Crippen molar-refractivity contribution in [2.75, 3.05) is 19.3 Å². The molecular weight excluding hydrogens is 448 g/mol. The first-order valence-corrected chi connectivity index (χ1v) is 11.0. The van der Waals surface area contributed by atoms with Crippen LogP contribution in [0, 0.1) is 5.92 Å². The number of anilines is 1. The fourth-order valence-corrected chi connectivity index (χ4v) is 4.05. The molecule has 4 rings (SSSR count). The number of benzene rings is 1. The van der Waals surface area contributed by atoms with Gasteiger partial charge in [-0.25, -0.2) is 0 Å². The predicted octanol–water partition coefficient (Wildman–Crippen LogP) is 3.24. The number of fused-ring (bicyclic) bond motifs is 1. The Morgan fingerprint density at radius 2 is 2.03 bits per heavy atom. The summed E-state index contributed by atoms with van der Waals surface area (Å²) in [5, 5.41) is 18.2. The Hall–Kier alpha value is -4.57. The average molecular weight is 475 g/mol. The maximum Gasteiger partial charge on any atom is 0.264 e. The largest absolute Gasteiger partial charge is 0.382 e. The molecule has 1 aromatic carbocycles. The number of aromatic nitrogens is 5. The molecule has 4 N–H and O–H groups in total. The average Bonchev–Trinajstić information content (AvgIpc) is 3.45. The summed E-state index contributed by atoms with van der Waals surface area (Å²) in [6.07, 6.45) is 1.74. The Kier molecular flexibility index (Phi) is 6.30. The SMILES string of the molecule is CNC(=O)c1ccc(-c2cc(-c3cn([C@@H](C)C(C)CN=[N+]=[N-])c(=O)c4c(N)n[nH]c34)nn2C)cc1. The standard InChI is InChI=1S/C23H26N10O2/c1-12(10-27-31-25)13(2)33-11-16(20-19(23(33)35)21(24)29-28-20)17-9-18(32(4)30-17)14-5-7-15(8-6-14)22(34)26-3/h5-9,11-13H,10H2,1-4H3,(H,26,34)(H3,24,28,29)/t12?,13-/m0/s1. The normalized spacial score (nSPS) is 12.8. The maximum absolute atomic E-state index is 13.3. The third-order valence-electron chi connectivity index (χ3n) is 6.30. The van der Waals surface area contributed by atoms with Crippen LogP contribution in [-0.2, 0) is 7.05 Å². The Bertz CT molecular complexity index is 1510. The number of azide groups is 1. The minimum absolute atomic E-state index is 0.0971. The van der Waals surface area contributed by atoms with Crippen LogP contribution in [-0.4, -0.2) is 44.0 Å². The lowest BCUT2D eigenvalue weighted by molar-refractivity contribution is 0.0963. The van der Waals surface area contributed by atoms with E-state index in [4.69, 9.17) is 11.3 Å². The van der Waals surface area contributed by atoms with Crippen molar-refractivity contribution in [3.05, 3.63) is 62.9 Å². The molecule has 3 aromatic heterocycles. The van der Waals surface area contributed by atoms with Gasteiger partial charge in [0.1, 0.15) is 5.39 Å². The van der Waals surface area contributed by atoms with Gasteiger partial charge in [0.05, 0.1) is 16.9 Å². The fraction of sp³-hybridized carbons (Fsp3) is 0.304. The Labute approximate surface area is 200 Å². The number of nitrogens with two attached hydrogens (primary N) is 1. The van der Waals surface area contributed by atoms with Gasteiger partial charge in [0.15, 0.2) is 5.82 Å². The summed E-state index contributed by atoms with van der Waals surface area (Å²) in [6.45, 7) is 4.05. The van der Waals surface area contributed by atoms with Crippen LogP contribution < -0.4 is 16.6 Å². The van der Waals surface area contributed by atoms with Crippen LogP contribution >= 0.6 is 0 Å².